The number of rotatable bonds is 0. The van der Waals surface area contributed by atoms with Crippen LogP contribution in [0.2, 0.25) is 5.02 Å². The molecule has 1 aliphatic rings. The number of anilines is 2. The van der Waals surface area contributed by atoms with Gasteiger partial charge in [0.2, 0.25) is 0 Å². The van der Waals surface area contributed by atoms with E-state index in [4.69, 9.17) is 16.3 Å². The number of halogens is 1. The van der Waals surface area contributed by atoms with E-state index in [0.29, 0.717) is 5.02 Å². The van der Waals surface area contributed by atoms with Gasteiger partial charge in [0.15, 0.2) is 17.3 Å². The topological polar surface area (TPSA) is 25.4 Å². The van der Waals surface area contributed by atoms with Crippen molar-refractivity contribution in [1.29, 1.82) is 0 Å². The highest BCUT2D eigenvalue weighted by Gasteiger charge is 2.22. The molecule has 4 heteroatoms. The molecule has 1 aliphatic heterocycles. The molecule has 2 heterocycles. The zero-order valence-corrected chi connectivity index (χ0v) is 10.3. The van der Waals surface area contributed by atoms with Crippen LogP contribution in [0.25, 0.3) is 0 Å². The largest absolute Gasteiger partial charge is 0.451 e. The lowest BCUT2D eigenvalue weighted by Gasteiger charge is -2.28. The number of nitrogens with zero attached hydrogens (tertiary/aromatic N) is 2. The number of aryl methyl sites for hydroxylation is 1. The summed E-state index contributed by atoms with van der Waals surface area (Å²) in [6.45, 7) is 1.96. The first-order chi connectivity index (χ1) is 8.15. The smallest absolute Gasteiger partial charge is 0.176 e. The lowest BCUT2D eigenvalue weighted by molar-refractivity contribution is 0.472. The molecule has 0 fully saturated rings. The van der Waals surface area contributed by atoms with E-state index in [1.54, 1.807) is 0 Å². The number of benzene rings is 1. The van der Waals surface area contributed by atoms with E-state index >= 15 is 0 Å². The third-order valence-corrected chi connectivity index (χ3v) is 3.03. The standard InChI is InChI=1S/C13H11ClN2O/c1-8-3-5-12-13(15-8)16(2)10-7-9(14)4-6-11(10)17-12/h3-7H,1-2H3. The van der Waals surface area contributed by atoms with Crippen LogP contribution in [-0.2, 0) is 0 Å². The molecule has 0 unspecified atom stereocenters. The molecule has 0 N–H and O–H groups in total. The van der Waals surface area contributed by atoms with Crippen LogP contribution < -0.4 is 9.64 Å². The summed E-state index contributed by atoms with van der Waals surface area (Å²) in [6, 6.07) is 9.45. The second-order valence-corrected chi connectivity index (χ2v) is 4.48. The molecular weight excluding hydrogens is 236 g/mol. The van der Waals surface area contributed by atoms with Gasteiger partial charge in [0.25, 0.3) is 0 Å². The minimum atomic E-state index is 0.690. The van der Waals surface area contributed by atoms with Crippen LogP contribution in [0.1, 0.15) is 5.69 Å². The molecule has 0 saturated carbocycles. The van der Waals surface area contributed by atoms with E-state index in [1.807, 2.05) is 49.2 Å². The van der Waals surface area contributed by atoms with E-state index < -0.39 is 0 Å². The first-order valence-corrected chi connectivity index (χ1v) is 5.72. The van der Waals surface area contributed by atoms with Gasteiger partial charge in [0.05, 0.1) is 5.69 Å². The van der Waals surface area contributed by atoms with E-state index in [1.165, 1.54) is 0 Å². The molecule has 3 nitrogen and oxygen atoms in total. The third kappa shape index (κ3) is 1.63. The number of aromatic nitrogens is 1. The fourth-order valence-corrected chi connectivity index (χ4v) is 2.09. The van der Waals surface area contributed by atoms with Crippen LogP contribution >= 0.6 is 11.6 Å². The summed E-state index contributed by atoms with van der Waals surface area (Å²) in [5.74, 6) is 2.39. The van der Waals surface area contributed by atoms with Crippen molar-refractivity contribution in [3.8, 4) is 11.5 Å². The van der Waals surface area contributed by atoms with Gasteiger partial charge in [-0.15, -0.1) is 0 Å². The van der Waals surface area contributed by atoms with Gasteiger partial charge in [0, 0.05) is 17.8 Å². The van der Waals surface area contributed by atoms with Crippen molar-refractivity contribution >= 4 is 23.1 Å². The van der Waals surface area contributed by atoms with Gasteiger partial charge in [-0.25, -0.2) is 4.98 Å². The molecule has 0 spiro atoms. The Hall–Kier alpha value is -1.74. The fourth-order valence-electron chi connectivity index (χ4n) is 1.92. The summed E-state index contributed by atoms with van der Waals surface area (Å²) in [5.41, 5.74) is 1.90. The van der Waals surface area contributed by atoms with Crippen molar-refractivity contribution in [1.82, 2.24) is 4.98 Å². The highest BCUT2D eigenvalue weighted by Crippen LogP contribution is 2.45. The Morgan fingerprint density at radius 3 is 2.76 bits per heavy atom. The normalized spacial score (nSPS) is 12.8. The number of hydrogen-bond donors (Lipinski definition) is 0. The van der Waals surface area contributed by atoms with Crippen molar-refractivity contribution in [2.75, 3.05) is 11.9 Å². The predicted octanol–water partition coefficient (Wildman–Crippen LogP) is 3.92. The van der Waals surface area contributed by atoms with Crippen LogP contribution in [0.3, 0.4) is 0 Å². The maximum Gasteiger partial charge on any atom is 0.176 e. The average molecular weight is 247 g/mol. The number of pyridine rings is 1. The van der Waals surface area contributed by atoms with Crippen molar-refractivity contribution in [3.63, 3.8) is 0 Å². The Morgan fingerprint density at radius 2 is 1.94 bits per heavy atom. The summed E-state index contributed by atoms with van der Waals surface area (Å²) < 4.78 is 5.80. The van der Waals surface area contributed by atoms with E-state index in [-0.39, 0.29) is 0 Å². The summed E-state index contributed by atoms with van der Waals surface area (Å²) in [6.07, 6.45) is 0. The Labute approximate surface area is 105 Å². The van der Waals surface area contributed by atoms with Gasteiger partial charge < -0.3 is 9.64 Å². The van der Waals surface area contributed by atoms with Crippen molar-refractivity contribution in [2.24, 2.45) is 0 Å². The summed E-state index contributed by atoms with van der Waals surface area (Å²) >= 11 is 6.00. The summed E-state index contributed by atoms with van der Waals surface area (Å²) in [5, 5.41) is 0.690. The lowest BCUT2D eigenvalue weighted by Crippen LogP contribution is -2.17. The molecule has 0 amide bonds. The highest BCUT2D eigenvalue weighted by molar-refractivity contribution is 6.31. The monoisotopic (exact) mass is 246 g/mol. The van der Waals surface area contributed by atoms with Crippen molar-refractivity contribution in [2.45, 2.75) is 6.92 Å². The molecule has 0 radical (unpaired) electrons. The molecular formula is C13H11ClN2O. The fraction of sp³-hybridized carbons (Fsp3) is 0.154. The Bertz CT molecular complexity index is 546. The first kappa shape index (κ1) is 10.4. The summed E-state index contributed by atoms with van der Waals surface area (Å²) in [4.78, 5) is 6.47. The maximum absolute atomic E-state index is 6.00. The highest BCUT2D eigenvalue weighted by atomic mass is 35.5. The molecule has 17 heavy (non-hydrogen) atoms. The molecule has 0 bridgehead atoms. The zero-order chi connectivity index (χ0) is 12.0. The Balaban J connectivity index is 2.18. The molecule has 0 saturated heterocycles. The Morgan fingerprint density at radius 1 is 1.18 bits per heavy atom. The van der Waals surface area contributed by atoms with E-state index in [0.717, 1.165) is 28.7 Å². The van der Waals surface area contributed by atoms with Gasteiger partial charge in [-0.1, -0.05) is 11.6 Å². The van der Waals surface area contributed by atoms with Crippen LogP contribution in [0.5, 0.6) is 11.5 Å². The Kier molecular flexibility index (Phi) is 2.23. The van der Waals surface area contributed by atoms with Crippen LogP contribution in [0.15, 0.2) is 30.3 Å². The third-order valence-electron chi connectivity index (χ3n) is 2.80. The van der Waals surface area contributed by atoms with Crippen LogP contribution in [-0.4, -0.2) is 12.0 Å². The van der Waals surface area contributed by atoms with Crippen LogP contribution in [0.4, 0.5) is 11.5 Å². The van der Waals surface area contributed by atoms with Crippen LogP contribution in [0, 0.1) is 6.92 Å². The van der Waals surface area contributed by atoms with Crippen molar-refractivity contribution in [3.05, 3.63) is 41.0 Å². The second kappa shape index (κ2) is 3.64. The SMILES string of the molecule is Cc1ccc2c(n1)N(C)c1cc(Cl)ccc1O2. The van der Waals surface area contributed by atoms with Crippen molar-refractivity contribution < 1.29 is 4.74 Å². The number of fused-ring (bicyclic) bond motifs is 2. The minimum absolute atomic E-state index is 0.690. The molecule has 1 aromatic heterocycles. The quantitative estimate of drug-likeness (QED) is 0.705. The molecule has 0 aliphatic carbocycles. The van der Waals surface area contributed by atoms with Gasteiger partial charge in [0.1, 0.15) is 0 Å². The second-order valence-electron chi connectivity index (χ2n) is 4.05. The summed E-state index contributed by atoms with van der Waals surface area (Å²) in [7, 11) is 1.96. The average Bonchev–Trinajstić information content (AvgIpc) is 2.32. The van der Waals surface area contributed by atoms with Gasteiger partial charge >= 0.3 is 0 Å². The first-order valence-electron chi connectivity index (χ1n) is 5.34. The van der Waals surface area contributed by atoms with Gasteiger partial charge in [-0.2, -0.15) is 0 Å². The number of ether oxygens (including phenoxy) is 1. The lowest BCUT2D eigenvalue weighted by atomic mass is 10.2. The molecule has 1 aromatic carbocycles. The number of hydrogen-bond acceptors (Lipinski definition) is 3. The van der Waals surface area contributed by atoms with E-state index in [9.17, 15) is 0 Å². The van der Waals surface area contributed by atoms with Gasteiger partial charge in [-0.05, 0) is 37.3 Å². The molecule has 0 atom stereocenters. The predicted molar refractivity (Wildman–Crippen MR) is 68.6 cm³/mol. The van der Waals surface area contributed by atoms with Gasteiger partial charge in [-0.3, -0.25) is 0 Å². The molecule has 86 valence electrons. The minimum Gasteiger partial charge on any atom is -0.451 e. The maximum atomic E-state index is 6.00. The zero-order valence-electron chi connectivity index (χ0n) is 9.57. The molecule has 3 rings (SSSR count). The molecule has 2 aromatic rings. The van der Waals surface area contributed by atoms with E-state index in [2.05, 4.69) is 4.98 Å².